The molecule has 0 aromatic heterocycles. The van der Waals surface area contributed by atoms with Crippen LogP contribution in [0.5, 0.6) is 0 Å². The molecule has 1 aromatic carbocycles. The van der Waals surface area contributed by atoms with Crippen LogP contribution in [0.2, 0.25) is 0 Å². The van der Waals surface area contributed by atoms with E-state index < -0.39 is 0 Å². The average Bonchev–Trinajstić information content (AvgIpc) is 2.59. The van der Waals surface area contributed by atoms with Gasteiger partial charge in [-0.2, -0.15) is 0 Å². The molecule has 2 heteroatoms. The minimum absolute atomic E-state index is 0. The molecule has 24 heavy (non-hydrogen) atoms. The van der Waals surface area contributed by atoms with E-state index in [1.807, 2.05) is 0 Å². The zero-order chi connectivity index (χ0) is 16.6. The minimum Gasteiger partial charge on any atom is -1.00 e. The topological polar surface area (TPSA) is 16.6 Å². The molecule has 140 valence electrons. The van der Waals surface area contributed by atoms with Gasteiger partial charge in [-0.15, -0.1) is 0 Å². The molecule has 0 saturated heterocycles. The SMILES string of the molecule is CCCCCCCCCCCC[NH2+]CCc1ccccc1CC.[Cl-]. The van der Waals surface area contributed by atoms with Gasteiger partial charge in [0.05, 0.1) is 13.1 Å². The third-order valence-electron chi connectivity index (χ3n) is 4.88. The van der Waals surface area contributed by atoms with Crippen molar-refractivity contribution < 1.29 is 17.7 Å². The molecule has 1 aromatic rings. The summed E-state index contributed by atoms with van der Waals surface area (Å²) < 4.78 is 0. The number of nitrogens with two attached hydrogens (primary N) is 1. The van der Waals surface area contributed by atoms with E-state index in [1.165, 1.54) is 89.3 Å². The van der Waals surface area contributed by atoms with E-state index in [9.17, 15) is 0 Å². The van der Waals surface area contributed by atoms with E-state index in [2.05, 4.69) is 43.4 Å². The maximum atomic E-state index is 2.51. The predicted molar refractivity (Wildman–Crippen MR) is 103 cm³/mol. The number of quaternary nitrogens is 1. The van der Waals surface area contributed by atoms with Crippen LogP contribution in [0.1, 0.15) is 89.2 Å². The van der Waals surface area contributed by atoms with Crippen molar-refractivity contribution in [3.05, 3.63) is 35.4 Å². The van der Waals surface area contributed by atoms with Crippen LogP contribution >= 0.6 is 0 Å². The molecular formula is C22H40ClN. The fourth-order valence-electron chi connectivity index (χ4n) is 3.32. The van der Waals surface area contributed by atoms with E-state index in [-0.39, 0.29) is 12.4 Å². The van der Waals surface area contributed by atoms with Gasteiger partial charge >= 0.3 is 0 Å². The van der Waals surface area contributed by atoms with Gasteiger partial charge in [-0.3, -0.25) is 0 Å². The van der Waals surface area contributed by atoms with Gasteiger partial charge in [0.25, 0.3) is 0 Å². The van der Waals surface area contributed by atoms with Gasteiger partial charge in [-0.1, -0.05) is 89.5 Å². The Morgan fingerprint density at radius 3 is 1.79 bits per heavy atom. The maximum absolute atomic E-state index is 2.51. The first-order chi connectivity index (χ1) is 11.4. The fourth-order valence-corrected chi connectivity index (χ4v) is 3.32. The molecule has 0 fully saturated rings. The molecule has 0 spiro atoms. The monoisotopic (exact) mass is 353 g/mol. The number of hydrogen-bond acceptors (Lipinski definition) is 0. The Morgan fingerprint density at radius 2 is 1.21 bits per heavy atom. The second-order valence-electron chi connectivity index (χ2n) is 6.92. The fraction of sp³-hybridized carbons (Fsp3) is 0.727. The molecule has 0 bridgehead atoms. The number of rotatable bonds is 15. The number of halogens is 1. The van der Waals surface area contributed by atoms with Crippen LogP contribution in [-0.4, -0.2) is 13.1 Å². The zero-order valence-corrected chi connectivity index (χ0v) is 16.9. The Labute approximate surface area is 157 Å². The van der Waals surface area contributed by atoms with Gasteiger partial charge in [0, 0.05) is 6.42 Å². The van der Waals surface area contributed by atoms with E-state index in [0.717, 1.165) is 6.42 Å². The van der Waals surface area contributed by atoms with E-state index in [1.54, 1.807) is 5.56 Å². The van der Waals surface area contributed by atoms with Crippen LogP contribution in [-0.2, 0) is 12.8 Å². The van der Waals surface area contributed by atoms with E-state index in [4.69, 9.17) is 0 Å². The number of hydrogen-bond donors (Lipinski definition) is 1. The minimum atomic E-state index is 0. The van der Waals surface area contributed by atoms with Gasteiger partial charge in [-0.05, 0) is 30.4 Å². The molecular weight excluding hydrogens is 314 g/mol. The average molecular weight is 354 g/mol. The summed E-state index contributed by atoms with van der Waals surface area (Å²) in [6.07, 6.45) is 16.7. The third kappa shape index (κ3) is 11.9. The molecule has 0 aliphatic heterocycles. The summed E-state index contributed by atoms with van der Waals surface area (Å²) in [7, 11) is 0. The number of benzene rings is 1. The lowest BCUT2D eigenvalue weighted by molar-refractivity contribution is -0.654. The Morgan fingerprint density at radius 1 is 0.667 bits per heavy atom. The van der Waals surface area contributed by atoms with Gasteiger partial charge in [-0.25, -0.2) is 0 Å². The summed E-state index contributed by atoms with van der Waals surface area (Å²) in [5.74, 6) is 0. The summed E-state index contributed by atoms with van der Waals surface area (Å²) in [5.41, 5.74) is 3.08. The molecule has 0 unspecified atom stereocenters. The highest BCUT2D eigenvalue weighted by atomic mass is 35.5. The molecule has 1 rings (SSSR count). The normalized spacial score (nSPS) is 10.6. The third-order valence-corrected chi connectivity index (χ3v) is 4.88. The summed E-state index contributed by atoms with van der Waals surface area (Å²) >= 11 is 0. The van der Waals surface area contributed by atoms with Crippen molar-refractivity contribution >= 4 is 0 Å². The van der Waals surface area contributed by atoms with Crippen molar-refractivity contribution in [2.75, 3.05) is 13.1 Å². The molecule has 0 radical (unpaired) electrons. The second-order valence-corrected chi connectivity index (χ2v) is 6.92. The summed E-state index contributed by atoms with van der Waals surface area (Å²) in [4.78, 5) is 0. The number of aryl methyl sites for hydroxylation is 1. The maximum Gasteiger partial charge on any atom is 0.0796 e. The Hall–Kier alpha value is -0.530. The molecule has 0 aliphatic carbocycles. The van der Waals surface area contributed by atoms with Gasteiger partial charge in [0.1, 0.15) is 0 Å². The van der Waals surface area contributed by atoms with Gasteiger partial charge < -0.3 is 17.7 Å². The van der Waals surface area contributed by atoms with E-state index in [0.29, 0.717) is 0 Å². The van der Waals surface area contributed by atoms with Crippen LogP contribution in [0.25, 0.3) is 0 Å². The van der Waals surface area contributed by atoms with Crippen molar-refractivity contribution in [3.63, 3.8) is 0 Å². The lowest BCUT2D eigenvalue weighted by atomic mass is 10.0. The predicted octanol–water partition coefficient (Wildman–Crippen LogP) is 2.28. The Balaban J connectivity index is 0.00000529. The van der Waals surface area contributed by atoms with Crippen molar-refractivity contribution in [1.82, 2.24) is 0 Å². The molecule has 1 nitrogen and oxygen atoms in total. The lowest BCUT2D eigenvalue weighted by Gasteiger charge is -2.07. The summed E-state index contributed by atoms with van der Waals surface area (Å²) in [6, 6.07) is 8.91. The first-order valence-electron chi connectivity index (χ1n) is 10.3. The molecule has 0 amide bonds. The van der Waals surface area contributed by atoms with Gasteiger partial charge in [0.2, 0.25) is 0 Å². The molecule has 2 N–H and O–H groups in total. The standard InChI is InChI=1S/C22H39N.ClH/c1-3-5-6-7-8-9-10-11-12-15-19-23-20-18-22-17-14-13-16-21(22)4-2;/h13-14,16-17,23H,3-12,15,18-20H2,1-2H3;1H. The highest BCUT2D eigenvalue weighted by Crippen LogP contribution is 2.10. The summed E-state index contributed by atoms with van der Waals surface area (Å²) in [5, 5.41) is 2.51. The number of unbranched alkanes of at least 4 members (excludes halogenated alkanes) is 9. The quantitative estimate of drug-likeness (QED) is 0.466. The van der Waals surface area contributed by atoms with Crippen LogP contribution < -0.4 is 17.7 Å². The van der Waals surface area contributed by atoms with Crippen LogP contribution in [0.3, 0.4) is 0 Å². The lowest BCUT2D eigenvalue weighted by Crippen LogP contribution is -3.00. The van der Waals surface area contributed by atoms with Crippen molar-refractivity contribution in [1.29, 1.82) is 0 Å². The highest BCUT2D eigenvalue weighted by molar-refractivity contribution is 5.26. The van der Waals surface area contributed by atoms with Crippen LogP contribution in [0, 0.1) is 0 Å². The van der Waals surface area contributed by atoms with Gasteiger partial charge in [0.15, 0.2) is 0 Å². The Bertz CT molecular complexity index is 378. The zero-order valence-electron chi connectivity index (χ0n) is 16.2. The highest BCUT2D eigenvalue weighted by Gasteiger charge is 2.00. The molecule has 0 aliphatic rings. The molecule has 0 saturated carbocycles. The van der Waals surface area contributed by atoms with Crippen molar-refractivity contribution in [3.8, 4) is 0 Å². The van der Waals surface area contributed by atoms with Crippen LogP contribution in [0.15, 0.2) is 24.3 Å². The van der Waals surface area contributed by atoms with Crippen LogP contribution in [0.4, 0.5) is 0 Å². The molecule has 0 heterocycles. The Kier molecular flexibility index (Phi) is 16.9. The van der Waals surface area contributed by atoms with Crippen molar-refractivity contribution in [2.24, 2.45) is 0 Å². The first kappa shape index (κ1) is 23.5. The molecule has 0 atom stereocenters. The van der Waals surface area contributed by atoms with E-state index >= 15 is 0 Å². The largest absolute Gasteiger partial charge is 1.00 e. The summed E-state index contributed by atoms with van der Waals surface area (Å²) in [6.45, 7) is 7.10. The van der Waals surface area contributed by atoms with Crippen molar-refractivity contribution in [2.45, 2.75) is 90.9 Å². The smallest absolute Gasteiger partial charge is 0.0796 e. The first-order valence-corrected chi connectivity index (χ1v) is 10.3. The second kappa shape index (κ2) is 17.3.